The number of amides is 1. The van der Waals surface area contributed by atoms with Gasteiger partial charge in [0.1, 0.15) is 0 Å². The highest BCUT2D eigenvalue weighted by Gasteiger charge is 2.29. The topological polar surface area (TPSA) is 58.4 Å². The molecule has 4 nitrogen and oxygen atoms in total. The van der Waals surface area contributed by atoms with Crippen LogP contribution in [0.2, 0.25) is 0 Å². The molecule has 0 saturated carbocycles. The Hall–Kier alpha value is -0.610. The summed E-state index contributed by atoms with van der Waals surface area (Å²) in [7, 11) is 2.17. The van der Waals surface area contributed by atoms with Crippen molar-refractivity contribution in [2.24, 2.45) is 17.1 Å². The molecule has 0 spiro atoms. The Balaban J connectivity index is 2.24. The zero-order chi connectivity index (χ0) is 15.2. The summed E-state index contributed by atoms with van der Waals surface area (Å²) >= 11 is 0. The van der Waals surface area contributed by atoms with Crippen molar-refractivity contribution in [3.05, 3.63) is 0 Å². The van der Waals surface area contributed by atoms with Gasteiger partial charge in [-0.25, -0.2) is 0 Å². The normalized spacial score (nSPS) is 22.2. The van der Waals surface area contributed by atoms with Gasteiger partial charge in [-0.3, -0.25) is 4.79 Å². The minimum Gasteiger partial charge on any atom is -0.355 e. The zero-order valence-corrected chi connectivity index (χ0v) is 13.7. The lowest BCUT2D eigenvalue weighted by Gasteiger charge is -2.38. The van der Waals surface area contributed by atoms with Crippen LogP contribution in [0, 0.1) is 11.3 Å². The van der Waals surface area contributed by atoms with Crippen molar-refractivity contribution in [2.75, 3.05) is 26.7 Å². The Bertz CT molecular complexity index is 296. The zero-order valence-electron chi connectivity index (χ0n) is 13.7. The average molecular weight is 283 g/mol. The van der Waals surface area contributed by atoms with E-state index in [4.69, 9.17) is 5.73 Å². The summed E-state index contributed by atoms with van der Waals surface area (Å²) in [4.78, 5) is 14.5. The number of carbonyl (C=O) groups is 1. The highest BCUT2D eigenvalue weighted by Crippen LogP contribution is 2.29. The fourth-order valence-electron chi connectivity index (χ4n) is 2.69. The van der Waals surface area contributed by atoms with Crippen molar-refractivity contribution in [2.45, 2.75) is 58.9 Å². The quantitative estimate of drug-likeness (QED) is 0.751. The summed E-state index contributed by atoms with van der Waals surface area (Å²) in [5.41, 5.74) is 6.01. The summed E-state index contributed by atoms with van der Waals surface area (Å²) in [5.74, 6) is 0.304. The van der Waals surface area contributed by atoms with Gasteiger partial charge in [-0.1, -0.05) is 20.3 Å². The maximum absolute atomic E-state index is 12.1. The van der Waals surface area contributed by atoms with Crippen LogP contribution in [0.15, 0.2) is 0 Å². The van der Waals surface area contributed by atoms with Crippen molar-refractivity contribution in [3.8, 4) is 0 Å². The number of nitrogens with zero attached hydrogens (tertiary/aromatic N) is 1. The van der Waals surface area contributed by atoms with E-state index in [2.05, 4.69) is 24.2 Å². The molecule has 1 heterocycles. The monoisotopic (exact) mass is 283 g/mol. The van der Waals surface area contributed by atoms with Crippen LogP contribution in [0.5, 0.6) is 0 Å². The number of nitrogens with two attached hydrogens (primary N) is 1. The molecule has 1 aliphatic heterocycles. The van der Waals surface area contributed by atoms with Crippen molar-refractivity contribution in [1.29, 1.82) is 0 Å². The maximum atomic E-state index is 12.1. The smallest absolute Gasteiger partial charge is 0.222 e. The van der Waals surface area contributed by atoms with Gasteiger partial charge in [0.2, 0.25) is 5.91 Å². The van der Waals surface area contributed by atoms with Gasteiger partial charge in [0.25, 0.3) is 0 Å². The molecule has 4 heteroatoms. The number of piperidine rings is 1. The molecule has 1 amide bonds. The van der Waals surface area contributed by atoms with Crippen LogP contribution in [0.1, 0.15) is 52.9 Å². The van der Waals surface area contributed by atoms with Gasteiger partial charge < -0.3 is 16.0 Å². The highest BCUT2D eigenvalue weighted by molar-refractivity contribution is 5.78. The number of rotatable bonds is 7. The lowest BCUT2D eigenvalue weighted by Crippen LogP contribution is -2.44. The van der Waals surface area contributed by atoms with Crippen molar-refractivity contribution >= 4 is 5.91 Å². The summed E-state index contributed by atoms with van der Waals surface area (Å²) in [6.07, 6.45) is 5.31. The Morgan fingerprint density at radius 1 is 1.30 bits per heavy atom. The molecule has 20 heavy (non-hydrogen) atoms. The number of likely N-dealkylation sites (tertiary alicyclic amines) is 1. The third-order valence-corrected chi connectivity index (χ3v) is 4.63. The van der Waals surface area contributed by atoms with E-state index in [1.807, 2.05) is 13.8 Å². The van der Waals surface area contributed by atoms with Gasteiger partial charge >= 0.3 is 0 Å². The molecule has 2 unspecified atom stereocenters. The van der Waals surface area contributed by atoms with E-state index in [-0.39, 0.29) is 23.3 Å². The number of hydrogen-bond donors (Lipinski definition) is 2. The average Bonchev–Trinajstić information content (AvgIpc) is 2.39. The molecule has 0 aromatic rings. The largest absolute Gasteiger partial charge is 0.355 e. The van der Waals surface area contributed by atoms with Crippen LogP contribution in [0.3, 0.4) is 0 Å². The van der Waals surface area contributed by atoms with Crippen LogP contribution in [0.25, 0.3) is 0 Å². The van der Waals surface area contributed by atoms with Crippen LogP contribution in [-0.4, -0.2) is 43.5 Å². The van der Waals surface area contributed by atoms with Gasteiger partial charge in [0.15, 0.2) is 0 Å². The van der Waals surface area contributed by atoms with Crippen molar-refractivity contribution in [3.63, 3.8) is 0 Å². The highest BCUT2D eigenvalue weighted by atomic mass is 16.1. The number of carbonyl (C=O) groups excluding carboxylic acids is 1. The molecule has 1 aliphatic rings. The molecule has 0 radical (unpaired) electrons. The van der Waals surface area contributed by atoms with E-state index in [9.17, 15) is 4.79 Å². The Kier molecular flexibility index (Phi) is 6.96. The molecule has 0 aromatic carbocycles. The van der Waals surface area contributed by atoms with Crippen molar-refractivity contribution in [1.82, 2.24) is 10.2 Å². The molecule has 2 atom stereocenters. The fourth-order valence-corrected chi connectivity index (χ4v) is 2.69. The maximum Gasteiger partial charge on any atom is 0.222 e. The lowest BCUT2D eigenvalue weighted by molar-refractivity contribution is -0.125. The van der Waals surface area contributed by atoms with Gasteiger partial charge in [-0.05, 0) is 58.2 Å². The molecule has 0 aromatic heterocycles. The third-order valence-electron chi connectivity index (χ3n) is 4.63. The van der Waals surface area contributed by atoms with Gasteiger partial charge in [-0.15, -0.1) is 0 Å². The minimum absolute atomic E-state index is 0.101. The minimum atomic E-state index is 0.101. The Labute approximate surface area is 124 Å². The lowest BCUT2D eigenvalue weighted by atomic mass is 9.80. The predicted molar refractivity (Wildman–Crippen MR) is 84.5 cm³/mol. The van der Waals surface area contributed by atoms with Crippen LogP contribution >= 0.6 is 0 Å². The molecule has 0 bridgehead atoms. The first-order chi connectivity index (χ1) is 9.32. The molecule has 1 rings (SSSR count). The fraction of sp³-hybridized carbons (Fsp3) is 0.938. The molecule has 1 saturated heterocycles. The second-order valence-electron chi connectivity index (χ2n) is 7.14. The van der Waals surface area contributed by atoms with Crippen LogP contribution in [0.4, 0.5) is 0 Å². The Morgan fingerprint density at radius 2 is 1.90 bits per heavy atom. The summed E-state index contributed by atoms with van der Waals surface area (Å²) < 4.78 is 0. The first-order valence-electron chi connectivity index (χ1n) is 8.04. The van der Waals surface area contributed by atoms with Crippen LogP contribution in [-0.2, 0) is 4.79 Å². The first kappa shape index (κ1) is 17.4. The second kappa shape index (κ2) is 7.99. The number of nitrogens with one attached hydrogen (secondary N) is 1. The van der Waals surface area contributed by atoms with E-state index in [0.717, 1.165) is 38.9 Å². The molecular weight excluding hydrogens is 250 g/mol. The van der Waals surface area contributed by atoms with Gasteiger partial charge in [-0.2, -0.15) is 0 Å². The van der Waals surface area contributed by atoms with E-state index >= 15 is 0 Å². The summed E-state index contributed by atoms with van der Waals surface area (Å²) in [6.45, 7) is 9.42. The summed E-state index contributed by atoms with van der Waals surface area (Å²) in [5, 5.41) is 3.16. The molecule has 1 fully saturated rings. The van der Waals surface area contributed by atoms with Gasteiger partial charge in [0.05, 0.1) is 0 Å². The first-order valence-corrected chi connectivity index (χ1v) is 8.04. The van der Waals surface area contributed by atoms with E-state index in [1.54, 1.807) is 0 Å². The standard InChI is InChI=1S/C16H33N3O/c1-13(6-5-7-14(2)17)15(20)18-12-16(3)8-10-19(4)11-9-16/h13-14H,5-12,17H2,1-4H3,(H,18,20). The molecule has 3 N–H and O–H groups in total. The van der Waals surface area contributed by atoms with Crippen LogP contribution < -0.4 is 11.1 Å². The van der Waals surface area contributed by atoms with E-state index in [1.165, 1.54) is 12.8 Å². The number of hydrogen-bond acceptors (Lipinski definition) is 3. The predicted octanol–water partition coefficient (Wildman–Crippen LogP) is 1.99. The van der Waals surface area contributed by atoms with Crippen molar-refractivity contribution < 1.29 is 4.79 Å². The molecule has 0 aliphatic carbocycles. The van der Waals surface area contributed by atoms with Gasteiger partial charge in [0, 0.05) is 18.5 Å². The molecule has 118 valence electrons. The SMILES string of the molecule is CC(N)CCCC(C)C(=O)NCC1(C)CCN(C)CC1. The third kappa shape index (κ3) is 6.23. The van der Waals surface area contributed by atoms with E-state index < -0.39 is 0 Å². The second-order valence-corrected chi connectivity index (χ2v) is 7.14. The van der Waals surface area contributed by atoms with E-state index in [0.29, 0.717) is 0 Å². The Morgan fingerprint density at radius 3 is 2.45 bits per heavy atom. The molecular formula is C16H33N3O. The summed E-state index contributed by atoms with van der Waals surface area (Å²) in [6, 6.07) is 0.239.